The predicted octanol–water partition coefficient (Wildman–Crippen LogP) is 2.49. The highest BCUT2D eigenvalue weighted by Crippen LogP contribution is 2.22. The normalized spacial score (nSPS) is 11.3. The highest BCUT2D eigenvalue weighted by molar-refractivity contribution is 7.92. The quantitative estimate of drug-likeness (QED) is 0.856. The Hall–Kier alpha value is -2.22. The number of sulfonamides is 1. The number of nitrogen functional groups attached to an aromatic ring is 1. The maximum atomic E-state index is 13.5. The van der Waals surface area contributed by atoms with E-state index in [1.54, 1.807) is 0 Å². The van der Waals surface area contributed by atoms with Crippen LogP contribution in [-0.4, -0.2) is 8.42 Å². The third kappa shape index (κ3) is 2.85. The van der Waals surface area contributed by atoms with Crippen LogP contribution in [0.3, 0.4) is 0 Å². The zero-order valence-corrected chi connectivity index (χ0v) is 10.7. The van der Waals surface area contributed by atoms with E-state index in [9.17, 15) is 21.6 Å². The molecule has 2 aromatic rings. The molecule has 0 radical (unpaired) electrons. The molecule has 8 heteroatoms. The van der Waals surface area contributed by atoms with Gasteiger partial charge in [-0.15, -0.1) is 0 Å². The van der Waals surface area contributed by atoms with E-state index >= 15 is 0 Å². The summed E-state index contributed by atoms with van der Waals surface area (Å²) in [6.45, 7) is 0. The van der Waals surface area contributed by atoms with Crippen LogP contribution in [0.1, 0.15) is 0 Å². The molecule has 0 saturated heterocycles. The molecule has 0 heterocycles. The summed E-state index contributed by atoms with van der Waals surface area (Å²) in [6, 6.07) is 5.44. The number of anilines is 2. The zero-order chi connectivity index (χ0) is 14.9. The standard InChI is InChI=1S/C12H9F3N2O2S/c13-9-4-2-8(6-11(9)15)17-20(18,19)12-5-7(16)1-3-10(12)14/h1-6,17H,16H2. The van der Waals surface area contributed by atoms with E-state index in [4.69, 9.17) is 5.73 Å². The van der Waals surface area contributed by atoms with Gasteiger partial charge < -0.3 is 5.73 Å². The van der Waals surface area contributed by atoms with Crippen molar-refractivity contribution in [3.63, 3.8) is 0 Å². The highest BCUT2D eigenvalue weighted by atomic mass is 32.2. The van der Waals surface area contributed by atoms with Gasteiger partial charge in [-0.05, 0) is 30.3 Å². The van der Waals surface area contributed by atoms with Gasteiger partial charge in [-0.25, -0.2) is 21.6 Å². The molecule has 2 rings (SSSR count). The molecule has 106 valence electrons. The molecule has 0 saturated carbocycles. The van der Waals surface area contributed by atoms with Crippen molar-refractivity contribution in [3.8, 4) is 0 Å². The van der Waals surface area contributed by atoms with Crippen molar-refractivity contribution >= 4 is 21.4 Å². The first-order valence-corrected chi connectivity index (χ1v) is 6.81. The van der Waals surface area contributed by atoms with Crippen molar-refractivity contribution in [1.82, 2.24) is 0 Å². The Bertz CT molecular complexity index is 763. The number of nitrogens with one attached hydrogen (secondary N) is 1. The predicted molar refractivity (Wildman–Crippen MR) is 68.0 cm³/mol. The second kappa shape index (κ2) is 5.04. The molecule has 0 aliphatic heterocycles. The number of rotatable bonds is 3. The van der Waals surface area contributed by atoms with Crippen LogP contribution in [0.4, 0.5) is 24.5 Å². The fraction of sp³-hybridized carbons (Fsp3) is 0. The molecule has 2 aromatic carbocycles. The summed E-state index contributed by atoms with van der Waals surface area (Å²) >= 11 is 0. The lowest BCUT2D eigenvalue weighted by Gasteiger charge is -2.09. The van der Waals surface area contributed by atoms with Gasteiger partial charge in [0.15, 0.2) is 11.6 Å². The molecule has 0 aliphatic carbocycles. The summed E-state index contributed by atoms with van der Waals surface area (Å²) < 4.78 is 65.1. The molecule has 3 N–H and O–H groups in total. The first kappa shape index (κ1) is 14.2. The van der Waals surface area contributed by atoms with Gasteiger partial charge in [0, 0.05) is 11.8 Å². The third-order valence-electron chi connectivity index (χ3n) is 2.42. The molecule has 0 spiro atoms. The van der Waals surface area contributed by atoms with Crippen LogP contribution >= 0.6 is 0 Å². The fourth-order valence-electron chi connectivity index (χ4n) is 1.50. The fourth-order valence-corrected chi connectivity index (χ4v) is 2.66. The van der Waals surface area contributed by atoms with Gasteiger partial charge in [0.25, 0.3) is 10.0 Å². The van der Waals surface area contributed by atoms with E-state index in [0.717, 1.165) is 24.3 Å². The number of hydrogen-bond donors (Lipinski definition) is 2. The molecule has 4 nitrogen and oxygen atoms in total. The van der Waals surface area contributed by atoms with Gasteiger partial charge in [0.05, 0.1) is 5.69 Å². The summed E-state index contributed by atoms with van der Waals surface area (Å²) in [5.74, 6) is -3.35. The minimum Gasteiger partial charge on any atom is -0.399 e. The molecule has 20 heavy (non-hydrogen) atoms. The molecule has 0 aliphatic rings. The van der Waals surface area contributed by atoms with Crippen LogP contribution < -0.4 is 10.5 Å². The summed E-state index contributed by atoms with van der Waals surface area (Å²) in [5, 5.41) is 0. The zero-order valence-electron chi connectivity index (χ0n) is 9.90. The average Bonchev–Trinajstić information content (AvgIpc) is 2.36. The van der Waals surface area contributed by atoms with E-state index in [2.05, 4.69) is 0 Å². The molecule has 0 unspecified atom stereocenters. The first-order chi connectivity index (χ1) is 9.29. The molecule has 0 atom stereocenters. The van der Waals surface area contributed by atoms with Crippen LogP contribution in [0.15, 0.2) is 41.3 Å². The Morgan fingerprint density at radius 2 is 1.55 bits per heavy atom. The monoisotopic (exact) mass is 302 g/mol. The Balaban J connectivity index is 2.40. The lowest BCUT2D eigenvalue weighted by Crippen LogP contribution is -2.15. The van der Waals surface area contributed by atoms with Crippen LogP contribution in [-0.2, 0) is 10.0 Å². The van der Waals surface area contributed by atoms with Crippen molar-refractivity contribution in [2.45, 2.75) is 4.90 Å². The maximum Gasteiger partial charge on any atom is 0.264 e. The average molecular weight is 302 g/mol. The number of benzene rings is 2. The second-order valence-corrected chi connectivity index (χ2v) is 5.58. The number of halogens is 3. The minimum atomic E-state index is -4.29. The van der Waals surface area contributed by atoms with Crippen LogP contribution in [0.25, 0.3) is 0 Å². The van der Waals surface area contributed by atoms with E-state index in [1.165, 1.54) is 6.07 Å². The largest absolute Gasteiger partial charge is 0.399 e. The number of nitrogens with two attached hydrogens (primary N) is 1. The summed E-state index contributed by atoms with van der Waals surface area (Å²) in [5.41, 5.74) is 5.22. The Labute approximate surface area is 113 Å². The van der Waals surface area contributed by atoms with Gasteiger partial charge in [0.2, 0.25) is 0 Å². The SMILES string of the molecule is Nc1ccc(F)c(S(=O)(=O)Nc2ccc(F)c(F)c2)c1. The third-order valence-corrected chi connectivity index (χ3v) is 3.81. The van der Waals surface area contributed by atoms with Crippen LogP contribution in [0.5, 0.6) is 0 Å². The van der Waals surface area contributed by atoms with Crippen molar-refractivity contribution < 1.29 is 21.6 Å². The second-order valence-electron chi connectivity index (χ2n) is 3.92. The summed E-state index contributed by atoms with van der Waals surface area (Å²) in [6.07, 6.45) is 0. The van der Waals surface area contributed by atoms with Crippen molar-refractivity contribution in [2.75, 3.05) is 10.5 Å². The van der Waals surface area contributed by atoms with Crippen LogP contribution in [0.2, 0.25) is 0 Å². The Morgan fingerprint density at radius 1 is 0.900 bits per heavy atom. The molecule has 0 bridgehead atoms. The summed E-state index contributed by atoms with van der Waals surface area (Å²) in [4.78, 5) is -0.678. The van der Waals surface area contributed by atoms with Crippen molar-refractivity contribution in [2.24, 2.45) is 0 Å². The van der Waals surface area contributed by atoms with Crippen LogP contribution in [0, 0.1) is 17.5 Å². The lowest BCUT2D eigenvalue weighted by molar-refractivity contribution is 0.509. The smallest absolute Gasteiger partial charge is 0.264 e. The van der Waals surface area contributed by atoms with E-state index in [1.807, 2.05) is 4.72 Å². The molecular formula is C12H9F3N2O2S. The van der Waals surface area contributed by atoms with E-state index in [0.29, 0.717) is 6.07 Å². The van der Waals surface area contributed by atoms with Crippen molar-refractivity contribution in [3.05, 3.63) is 53.8 Å². The van der Waals surface area contributed by atoms with E-state index in [-0.39, 0.29) is 11.4 Å². The van der Waals surface area contributed by atoms with Gasteiger partial charge in [-0.2, -0.15) is 0 Å². The van der Waals surface area contributed by atoms with Gasteiger partial charge >= 0.3 is 0 Å². The van der Waals surface area contributed by atoms with Gasteiger partial charge in [0.1, 0.15) is 10.7 Å². The maximum absolute atomic E-state index is 13.5. The first-order valence-electron chi connectivity index (χ1n) is 5.32. The molecule has 0 aromatic heterocycles. The Kier molecular flexibility index (Phi) is 3.58. The topological polar surface area (TPSA) is 72.2 Å². The Morgan fingerprint density at radius 3 is 2.20 bits per heavy atom. The molecular weight excluding hydrogens is 293 g/mol. The molecule has 0 fully saturated rings. The molecule has 0 amide bonds. The van der Waals surface area contributed by atoms with Gasteiger partial charge in [-0.3, -0.25) is 4.72 Å². The highest BCUT2D eigenvalue weighted by Gasteiger charge is 2.20. The minimum absolute atomic E-state index is 0.0528. The number of hydrogen-bond acceptors (Lipinski definition) is 3. The van der Waals surface area contributed by atoms with Crippen molar-refractivity contribution in [1.29, 1.82) is 0 Å². The van der Waals surface area contributed by atoms with E-state index < -0.39 is 32.4 Å². The lowest BCUT2D eigenvalue weighted by atomic mass is 10.3. The van der Waals surface area contributed by atoms with Gasteiger partial charge in [-0.1, -0.05) is 0 Å². The summed E-state index contributed by atoms with van der Waals surface area (Å²) in [7, 11) is -4.29.